The van der Waals surface area contributed by atoms with E-state index in [0.29, 0.717) is 6.61 Å². The standard InChI is InChI=1S/C11H22N2O/c14-10-11(4-1-2-5-11)13-8-3-6-12-7-9-13/h12,14H,1-10H2. The molecule has 0 bridgehead atoms. The molecule has 2 fully saturated rings. The van der Waals surface area contributed by atoms with Crippen LogP contribution < -0.4 is 5.32 Å². The molecule has 0 amide bonds. The second-order valence-corrected chi connectivity index (χ2v) is 4.68. The first-order valence-corrected chi connectivity index (χ1v) is 5.94. The van der Waals surface area contributed by atoms with Gasteiger partial charge in [0.25, 0.3) is 0 Å². The first-order valence-electron chi connectivity index (χ1n) is 5.94. The predicted molar refractivity (Wildman–Crippen MR) is 57.3 cm³/mol. The van der Waals surface area contributed by atoms with Gasteiger partial charge in [-0.25, -0.2) is 0 Å². The van der Waals surface area contributed by atoms with E-state index in [2.05, 4.69) is 10.2 Å². The molecule has 1 aliphatic heterocycles. The van der Waals surface area contributed by atoms with Gasteiger partial charge in [-0.2, -0.15) is 0 Å². The summed E-state index contributed by atoms with van der Waals surface area (Å²) in [5.41, 5.74) is 0.145. The summed E-state index contributed by atoms with van der Waals surface area (Å²) >= 11 is 0. The molecule has 0 spiro atoms. The fourth-order valence-corrected chi connectivity index (χ4v) is 2.93. The predicted octanol–water partition coefficient (Wildman–Crippen LogP) is 0.587. The Kier molecular flexibility index (Phi) is 3.42. The average Bonchev–Trinajstić information content (AvgIpc) is 2.54. The van der Waals surface area contributed by atoms with Crippen molar-refractivity contribution in [1.29, 1.82) is 0 Å². The highest BCUT2D eigenvalue weighted by Gasteiger charge is 2.38. The summed E-state index contributed by atoms with van der Waals surface area (Å²) in [5, 5.41) is 13.0. The van der Waals surface area contributed by atoms with Gasteiger partial charge in [0.1, 0.15) is 0 Å². The minimum atomic E-state index is 0.145. The Bertz CT molecular complexity index is 170. The molecule has 2 N–H and O–H groups in total. The molecule has 3 heteroatoms. The summed E-state index contributed by atoms with van der Waals surface area (Å²) in [6, 6.07) is 0. The molecular formula is C11H22N2O. The van der Waals surface area contributed by atoms with Crippen LogP contribution in [-0.2, 0) is 0 Å². The fraction of sp³-hybridized carbons (Fsp3) is 1.00. The lowest BCUT2D eigenvalue weighted by molar-refractivity contribution is 0.0385. The number of aliphatic hydroxyl groups is 1. The van der Waals surface area contributed by atoms with Crippen molar-refractivity contribution in [1.82, 2.24) is 10.2 Å². The van der Waals surface area contributed by atoms with Gasteiger partial charge in [0.2, 0.25) is 0 Å². The van der Waals surface area contributed by atoms with Gasteiger partial charge in [0.05, 0.1) is 6.61 Å². The summed E-state index contributed by atoms with van der Waals surface area (Å²) < 4.78 is 0. The van der Waals surface area contributed by atoms with Crippen LogP contribution in [0.5, 0.6) is 0 Å². The average molecular weight is 198 g/mol. The minimum absolute atomic E-state index is 0.145. The Labute approximate surface area is 86.5 Å². The second-order valence-electron chi connectivity index (χ2n) is 4.68. The van der Waals surface area contributed by atoms with E-state index in [4.69, 9.17) is 0 Å². The van der Waals surface area contributed by atoms with Gasteiger partial charge < -0.3 is 10.4 Å². The molecule has 1 saturated carbocycles. The first kappa shape index (κ1) is 10.4. The molecule has 14 heavy (non-hydrogen) atoms. The van der Waals surface area contributed by atoms with Crippen LogP contribution >= 0.6 is 0 Å². The molecule has 2 aliphatic rings. The Hall–Kier alpha value is -0.120. The molecule has 0 radical (unpaired) electrons. The van der Waals surface area contributed by atoms with Crippen molar-refractivity contribution in [2.24, 2.45) is 0 Å². The molecule has 0 aromatic rings. The van der Waals surface area contributed by atoms with Gasteiger partial charge in [-0.15, -0.1) is 0 Å². The van der Waals surface area contributed by atoms with Crippen LogP contribution in [0.25, 0.3) is 0 Å². The van der Waals surface area contributed by atoms with Crippen LogP contribution in [0.1, 0.15) is 32.1 Å². The molecule has 1 saturated heterocycles. The van der Waals surface area contributed by atoms with Crippen LogP contribution in [0.3, 0.4) is 0 Å². The number of aliphatic hydroxyl groups excluding tert-OH is 1. The van der Waals surface area contributed by atoms with Crippen LogP contribution in [0.2, 0.25) is 0 Å². The zero-order valence-electron chi connectivity index (χ0n) is 8.97. The van der Waals surface area contributed by atoms with Crippen LogP contribution in [0.4, 0.5) is 0 Å². The van der Waals surface area contributed by atoms with E-state index in [1.165, 1.54) is 32.1 Å². The molecule has 1 aliphatic carbocycles. The smallest absolute Gasteiger partial charge is 0.0615 e. The highest BCUT2D eigenvalue weighted by atomic mass is 16.3. The number of hydrogen-bond donors (Lipinski definition) is 2. The van der Waals surface area contributed by atoms with E-state index in [0.717, 1.165) is 26.2 Å². The molecule has 0 unspecified atom stereocenters. The number of hydrogen-bond acceptors (Lipinski definition) is 3. The Balaban J connectivity index is 2.01. The summed E-state index contributed by atoms with van der Waals surface area (Å²) in [4.78, 5) is 2.53. The van der Waals surface area contributed by atoms with E-state index in [1.807, 2.05) is 0 Å². The Morgan fingerprint density at radius 3 is 2.57 bits per heavy atom. The van der Waals surface area contributed by atoms with E-state index < -0.39 is 0 Å². The Morgan fingerprint density at radius 1 is 1.07 bits per heavy atom. The normalized spacial score (nSPS) is 28.9. The fourth-order valence-electron chi connectivity index (χ4n) is 2.93. The van der Waals surface area contributed by atoms with Gasteiger partial charge in [-0.05, 0) is 25.8 Å². The van der Waals surface area contributed by atoms with Crippen molar-refractivity contribution < 1.29 is 5.11 Å². The van der Waals surface area contributed by atoms with Crippen molar-refractivity contribution in [2.75, 3.05) is 32.8 Å². The van der Waals surface area contributed by atoms with Crippen LogP contribution in [-0.4, -0.2) is 48.3 Å². The lowest BCUT2D eigenvalue weighted by Gasteiger charge is -2.39. The zero-order chi connectivity index (χ0) is 9.86. The van der Waals surface area contributed by atoms with Gasteiger partial charge in [-0.3, -0.25) is 4.90 Å². The molecule has 0 atom stereocenters. The lowest BCUT2D eigenvalue weighted by atomic mass is 9.96. The largest absolute Gasteiger partial charge is 0.394 e. The molecule has 1 heterocycles. The third-order valence-corrected chi connectivity index (χ3v) is 3.84. The Morgan fingerprint density at radius 2 is 1.86 bits per heavy atom. The van der Waals surface area contributed by atoms with E-state index in [1.54, 1.807) is 0 Å². The maximum atomic E-state index is 9.60. The molecule has 0 aromatic heterocycles. The third-order valence-electron chi connectivity index (χ3n) is 3.84. The van der Waals surface area contributed by atoms with Gasteiger partial charge in [-0.1, -0.05) is 12.8 Å². The second kappa shape index (κ2) is 4.60. The third kappa shape index (κ3) is 1.95. The summed E-state index contributed by atoms with van der Waals surface area (Å²) in [5.74, 6) is 0. The molecule has 3 nitrogen and oxygen atoms in total. The van der Waals surface area contributed by atoms with E-state index >= 15 is 0 Å². The molecule has 0 aromatic carbocycles. The highest BCUT2D eigenvalue weighted by molar-refractivity contribution is 4.95. The van der Waals surface area contributed by atoms with Gasteiger partial charge in [0, 0.05) is 25.2 Å². The van der Waals surface area contributed by atoms with Crippen molar-refractivity contribution in [3.8, 4) is 0 Å². The highest BCUT2D eigenvalue weighted by Crippen LogP contribution is 2.35. The monoisotopic (exact) mass is 198 g/mol. The maximum Gasteiger partial charge on any atom is 0.0615 e. The topological polar surface area (TPSA) is 35.5 Å². The zero-order valence-corrected chi connectivity index (χ0v) is 8.97. The summed E-state index contributed by atoms with van der Waals surface area (Å²) in [6.45, 7) is 4.85. The lowest BCUT2D eigenvalue weighted by Crippen LogP contribution is -2.50. The van der Waals surface area contributed by atoms with Gasteiger partial charge in [0.15, 0.2) is 0 Å². The van der Waals surface area contributed by atoms with Crippen molar-refractivity contribution in [2.45, 2.75) is 37.6 Å². The molecular weight excluding hydrogens is 176 g/mol. The van der Waals surface area contributed by atoms with Crippen molar-refractivity contribution >= 4 is 0 Å². The van der Waals surface area contributed by atoms with Crippen molar-refractivity contribution in [3.63, 3.8) is 0 Å². The minimum Gasteiger partial charge on any atom is -0.394 e. The quantitative estimate of drug-likeness (QED) is 0.681. The van der Waals surface area contributed by atoms with Crippen molar-refractivity contribution in [3.05, 3.63) is 0 Å². The van der Waals surface area contributed by atoms with Crippen LogP contribution in [0.15, 0.2) is 0 Å². The SMILES string of the molecule is OCC1(N2CCCNCC2)CCCC1. The summed E-state index contributed by atoms with van der Waals surface area (Å²) in [6.07, 6.45) is 6.21. The first-order chi connectivity index (χ1) is 6.87. The van der Waals surface area contributed by atoms with E-state index in [-0.39, 0.29) is 5.54 Å². The number of nitrogens with one attached hydrogen (secondary N) is 1. The maximum absolute atomic E-state index is 9.60. The molecule has 82 valence electrons. The van der Waals surface area contributed by atoms with E-state index in [9.17, 15) is 5.11 Å². The number of rotatable bonds is 2. The molecule has 2 rings (SSSR count). The van der Waals surface area contributed by atoms with Crippen LogP contribution in [0, 0.1) is 0 Å². The number of nitrogens with zero attached hydrogens (tertiary/aromatic N) is 1. The van der Waals surface area contributed by atoms with Gasteiger partial charge >= 0.3 is 0 Å². The summed E-state index contributed by atoms with van der Waals surface area (Å²) in [7, 11) is 0.